The summed E-state index contributed by atoms with van der Waals surface area (Å²) >= 11 is 7.73. The minimum absolute atomic E-state index is 0.206. The summed E-state index contributed by atoms with van der Waals surface area (Å²) < 4.78 is 29.1. The van der Waals surface area contributed by atoms with Crippen molar-refractivity contribution in [1.29, 1.82) is 0 Å². The highest BCUT2D eigenvalue weighted by Gasteiger charge is 2.26. The van der Waals surface area contributed by atoms with Crippen LogP contribution in [0.4, 0.5) is 5.13 Å². The van der Waals surface area contributed by atoms with Gasteiger partial charge in [-0.25, -0.2) is 13.4 Å². The number of carbonyl (C=O) groups excluding carboxylic acids is 1. The van der Waals surface area contributed by atoms with E-state index in [9.17, 15) is 13.2 Å². The van der Waals surface area contributed by atoms with Crippen molar-refractivity contribution in [3.8, 4) is 0 Å². The van der Waals surface area contributed by atoms with Crippen molar-refractivity contribution in [3.05, 3.63) is 53.1 Å². The fraction of sp³-hybridized carbons (Fsp3) is 0.462. The van der Waals surface area contributed by atoms with Crippen molar-refractivity contribution in [2.24, 2.45) is 0 Å². The monoisotopic (exact) mass is 550 g/mol. The van der Waals surface area contributed by atoms with Crippen LogP contribution in [0.25, 0.3) is 10.2 Å². The summed E-state index contributed by atoms with van der Waals surface area (Å²) in [5.74, 6) is -0.232. The number of halogens is 1. The molecule has 1 heterocycles. The van der Waals surface area contributed by atoms with Crippen LogP contribution in [0.15, 0.2) is 47.4 Å². The molecule has 0 aliphatic rings. The van der Waals surface area contributed by atoms with Crippen LogP contribution in [0, 0.1) is 0 Å². The van der Waals surface area contributed by atoms with Crippen LogP contribution in [0.5, 0.6) is 0 Å². The van der Waals surface area contributed by atoms with E-state index >= 15 is 0 Å². The maximum absolute atomic E-state index is 13.6. The number of anilines is 1. The Labute approximate surface area is 223 Å². The zero-order chi connectivity index (χ0) is 26.3. The predicted molar refractivity (Wildman–Crippen MR) is 150 cm³/mol. The van der Waals surface area contributed by atoms with Crippen LogP contribution in [0.1, 0.15) is 49.9 Å². The van der Waals surface area contributed by atoms with E-state index in [1.54, 1.807) is 27.4 Å². The van der Waals surface area contributed by atoms with E-state index in [4.69, 9.17) is 11.6 Å². The lowest BCUT2D eigenvalue weighted by Gasteiger charge is -2.23. The van der Waals surface area contributed by atoms with Gasteiger partial charge in [0.1, 0.15) is 5.52 Å². The normalized spacial score (nSPS) is 12.1. The van der Waals surface area contributed by atoms with Crippen molar-refractivity contribution in [1.82, 2.24) is 14.2 Å². The summed E-state index contributed by atoms with van der Waals surface area (Å²) in [7, 11) is 0.262. The third-order valence-electron chi connectivity index (χ3n) is 5.87. The summed E-state index contributed by atoms with van der Waals surface area (Å²) in [4.78, 5) is 22.1. The first-order valence-electron chi connectivity index (χ1n) is 12.3. The molecular formula is C26H35ClN4O3S2. The highest BCUT2D eigenvalue weighted by molar-refractivity contribution is 7.89. The average Bonchev–Trinajstić information content (AvgIpc) is 3.29. The minimum atomic E-state index is -3.63. The number of hydrogen-bond acceptors (Lipinski definition) is 6. The summed E-state index contributed by atoms with van der Waals surface area (Å²) in [6.45, 7) is 6.17. The maximum Gasteiger partial charge on any atom is 0.260 e. The second-order valence-electron chi connectivity index (χ2n) is 8.98. The van der Waals surface area contributed by atoms with E-state index in [-0.39, 0.29) is 10.8 Å². The Morgan fingerprint density at radius 1 is 0.944 bits per heavy atom. The van der Waals surface area contributed by atoms with Crippen LogP contribution in [-0.2, 0) is 10.0 Å². The standard InChI is InChI=1S/C26H35ClN4O3S2/c1-5-7-16-30(17-8-6-2)36(33,34)21-14-12-20(13-15-21)25(32)31(19-18-29(3)4)26-28-24-22(27)10-9-11-23(24)35-26/h9-15H,5-8,16-19H2,1-4H3. The number of rotatable bonds is 13. The Balaban J connectivity index is 1.89. The topological polar surface area (TPSA) is 73.8 Å². The van der Waals surface area contributed by atoms with Crippen LogP contribution >= 0.6 is 22.9 Å². The Bertz CT molecular complexity index is 1250. The van der Waals surface area contributed by atoms with E-state index in [2.05, 4.69) is 4.98 Å². The van der Waals surface area contributed by atoms with Gasteiger partial charge in [-0.2, -0.15) is 4.31 Å². The molecular weight excluding hydrogens is 516 g/mol. The molecule has 0 unspecified atom stereocenters. The fourth-order valence-electron chi connectivity index (χ4n) is 3.70. The van der Waals surface area contributed by atoms with Gasteiger partial charge in [0.2, 0.25) is 10.0 Å². The molecule has 2 aromatic carbocycles. The molecule has 0 spiro atoms. The Hall–Kier alpha value is -2.04. The minimum Gasteiger partial charge on any atom is -0.308 e. The van der Waals surface area contributed by atoms with Gasteiger partial charge in [-0.1, -0.05) is 55.7 Å². The molecule has 7 nitrogen and oxygen atoms in total. The predicted octanol–water partition coefficient (Wildman–Crippen LogP) is 5.75. The van der Waals surface area contributed by atoms with Gasteiger partial charge in [-0.15, -0.1) is 0 Å². The van der Waals surface area contributed by atoms with Gasteiger partial charge in [0.05, 0.1) is 14.6 Å². The first kappa shape index (κ1) is 28.5. The molecule has 10 heteroatoms. The Kier molecular flexibility index (Phi) is 10.3. The molecule has 3 rings (SSSR count). The molecule has 0 atom stereocenters. The number of likely N-dealkylation sites (N-methyl/N-ethyl adjacent to an activating group) is 1. The summed E-state index contributed by atoms with van der Waals surface area (Å²) in [6, 6.07) is 11.8. The smallest absolute Gasteiger partial charge is 0.260 e. The summed E-state index contributed by atoms with van der Waals surface area (Å²) in [5, 5.41) is 1.10. The zero-order valence-corrected chi connectivity index (χ0v) is 23.8. The van der Waals surface area contributed by atoms with Gasteiger partial charge in [0.25, 0.3) is 5.91 Å². The Morgan fingerprint density at radius 2 is 1.58 bits per heavy atom. The zero-order valence-electron chi connectivity index (χ0n) is 21.4. The first-order valence-corrected chi connectivity index (χ1v) is 14.9. The van der Waals surface area contributed by atoms with Crippen LogP contribution in [-0.4, -0.2) is 68.8 Å². The molecule has 1 aromatic heterocycles. The van der Waals surface area contributed by atoms with Crippen molar-refractivity contribution in [2.45, 2.75) is 44.4 Å². The molecule has 0 aliphatic carbocycles. The van der Waals surface area contributed by atoms with E-state index in [1.165, 1.54) is 23.5 Å². The summed E-state index contributed by atoms with van der Waals surface area (Å²) in [6.07, 6.45) is 3.47. The third-order valence-corrected chi connectivity index (χ3v) is 9.13. The van der Waals surface area contributed by atoms with Gasteiger partial charge < -0.3 is 4.90 Å². The number of sulfonamides is 1. The quantitative estimate of drug-likeness (QED) is 0.271. The largest absolute Gasteiger partial charge is 0.308 e. The second kappa shape index (κ2) is 13.0. The molecule has 0 fully saturated rings. The summed E-state index contributed by atoms with van der Waals surface area (Å²) in [5.41, 5.74) is 1.08. The molecule has 0 radical (unpaired) electrons. The van der Waals surface area contributed by atoms with Crippen LogP contribution < -0.4 is 4.90 Å². The lowest BCUT2D eigenvalue weighted by atomic mass is 10.2. The lowest BCUT2D eigenvalue weighted by Crippen LogP contribution is -2.37. The van der Waals surface area contributed by atoms with E-state index in [0.29, 0.717) is 47.4 Å². The van der Waals surface area contributed by atoms with Crippen molar-refractivity contribution < 1.29 is 13.2 Å². The SMILES string of the molecule is CCCCN(CCCC)S(=O)(=O)c1ccc(C(=O)N(CCN(C)C)c2nc3c(Cl)cccc3s2)cc1. The molecule has 196 valence electrons. The van der Waals surface area contributed by atoms with Gasteiger partial charge in [0.15, 0.2) is 5.13 Å². The number of unbranched alkanes of at least 4 members (excludes halogenated alkanes) is 2. The highest BCUT2D eigenvalue weighted by atomic mass is 35.5. The number of thiazole rings is 1. The van der Waals surface area contributed by atoms with Crippen molar-refractivity contribution in [2.75, 3.05) is 45.2 Å². The maximum atomic E-state index is 13.6. The molecule has 0 saturated carbocycles. The van der Waals surface area contributed by atoms with Crippen LogP contribution in [0.3, 0.4) is 0 Å². The molecule has 0 aliphatic heterocycles. The molecule has 3 aromatic rings. The number of carbonyl (C=O) groups is 1. The third kappa shape index (κ3) is 6.83. The highest BCUT2D eigenvalue weighted by Crippen LogP contribution is 2.33. The number of aromatic nitrogens is 1. The number of hydrogen-bond donors (Lipinski definition) is 0. The molecule has 1 amide bonds. The number of amides is 1. The second-order valence-corrected chi connectivity index (χ2v) is 12.3. The molecule has 0 bridgehead atoms. The van der Waals surface area contributed by atoms with E-state index < -0.39 is 10.0 Å². The van der Waals surface area contributed by atoms with Crippen molar-refractivity contribution >= 4 is 54.2 Å². The number of para-hydroxylation sites is 1. The van der Waals surface area contributed by atoms with Gasteiger partial charge in [-0.05, 0) is 63.3 Å². The molecule has 0 N–H and O–H groups in total. The van der Waals surface area contributed by atoms with Crippen molar-refractivity contribution in [3.63, 3.8) is 0 Å². The number of fused-ring (bicyclic) bond motifs is 1. The van der Waals surface area contributed by atoms with Gasteiger partial charge in [-0.3, -0.25) is 9.69 Å². The van der Waals surface area contributed by atoms with Gasteiger partial charge >= 0.3 is 0 Å². The average molecular weight is 551 g/mol. The first-order chi connectivity index (χ1) is 17.2. The number of nitrogens with zero attached hydrogens (tertiary/aromatic N) is 4. The van der Waals surface area contributed by atoms with Crippen LogP contribution in [0.2, 0.25) is 5.02 Å². The van der Waals surface area contributed by atoms with E-state index in [1.807, 2.05) is 45.0 Å². The van der Waals surface area contributed by atoms with Gasteiger partial charge in [0, 0.05) is 31.7 Å². The number of benzene rings is 2. The fourth-order valence-corrected chi connectivity index (χ4v) is 6.51. The molecule has 0 saturated heterocycles. The van der Waals surface area contributed by atoms with E-state index in [0.717, 1.165) is 30.4 Å². The lowest BCUT2D eigenvalue weighted by molar-refractivity contribution is 0.0985. The molecule has 36 heavy (non-hydrogen) atoms. The Morgan fingerprint density at radius 3 is 2.14 bits per heavy atom.